The average Bonchev–Trinajstić information content (AvgIpc) is 3.31. The fourth-order valence-electron chi connectivity index (χ4n) is 5.92. The molecule has 0 amide bonds. The van der Waals surface area contributed by atoms with E-state index < -0.39 is 0 Å². The van der Waals surface area contributed by atoms with E-state index in [1.165, 1.54) is 41.6 Å². The molecular weight excluding hydrogens is 445 g/mol. The molecule has 3 heterocycles. The molecule has 6 heteroatoms. The number of hydrogen-bond acceptors (Lipinski definition) is 5. The molecule has 0 radical (unpaired) electrons. The minimum absolute atomic E-state index is 0.127. The number of benzene rings is 2. The third-order valence-electron chi connectivity index (χ3n) is 7.77. The van der Waals surface area contributed by atoms with Gasteiger partial charge in [-0.05, 0) is 78.3 Å². The molecule has 2 aliphatic rings. The summed E-state index contributed by atoms with van der Waals surface area (Å²) in [6.07, 6.45) is 6.70. The highest BCUT2D eigenvalue weighted by Gasteiger charge is 2.30. The van der Waals surface area contributed by atoms with Gasteiger partial charge in [0.15, 0.2) is 0 Å². The summed E-state index contributed by atoms with van der Waals surface area (Å²) in [5, 5.41) is 4.51. The second-order valence-corrected chi connectivity index (χ2v) is 10.5. The normalized spacial score (nSPS) is 21.9. The molecule has 0 spiro atoms. The fraction of sp³-hybridized carbons (Fsp3) is 0.393. The van der Waals surface area contributed by atoms with Gasteiger partial charge in [0.05, 0.1) is 18.3 Å². The summed E-state index contributed by atoms with van der Waals surface area (Å²) in [6.45, 7) is 4.17. The number of anilines is 1. The zero-order valence-electron chi connectivity index (χ0n) is 19.5. The Morgan fingerprint density at radius 3 is 2.62 bits per heavy atom. The first kappa shape index (κ1) is 21.8. The number of nitrogens with zero attached hydrogens (tertiary/aromatic N) is 3. The number of pyridine rings is 1. The van der Waals surface area contributed by atoms with Crippen LogP contribution in [0.25, 0.3) is 21.0 Å². The Balaban J connectivity index is 1.11. The predicted octanol–water partition coefficient (Wildman–Crippen LogP) is 6.45. The molecule has 1 saturated carbocycles. The Labute approximate surface area is 204 Å². The van der Waals surface area contributed by atoms with Crippen LogP contribution in [0.5, 0.6) is 5.75 Å². The van der Waals surface area contributed by atoms with Crippen molar-refractivity contribution in [2.75, 3.05) is 38.2 Å². The highest BCUT2D eigenvalue weighted by Crippen LogP contribution is 2.41. The number of aromatic nitrogens is 1. The maximum absolute atomic E-state index is 13.8. The van der Waals surface area contributed by atoms with Gasteiger partial charge in [-0.2, -0.15) is 0 Å². The molecule has 176 valence electrons. The number of piperazine rings is 1. The molecule has 34 heavy (non-hydrogen) atoms. The van der Waals surface area contributed by atoms with Gasteiger partial charge in [-0.1, -0.05) is 6.07 Å². The van der Waals surface area contributed by atoms with E-state index in [0.29, 0.717) is 12.0 Å². The number of methoxy groups -OCH3 is 1. The molecule has 1 aliphatic carbocycles. The summed E-state index contributed by atoms with van der Waals surface area (Å²) in [6, 6.07) is 14.2. The maximum Gasteiger partial charge on any atom is 0.123 e. The van der Waals surface area contributed by atoms with Crippen LogP contribution in [0.15, 0.2) is 54.0 Å². The van der Waals surface area contributed by atoms with Crippen molar-refractivity contribution in [1.29, 1.82) is 0 Å². The monoisotopic (exact) mass is 475 g/mol. The van der Waals surface area contributed by atoms with E-state index in [1.54, 1.807) is 30.6 Å². The Morgan fingerprint density at radius 2 is 1.82 bits per heavy atom. The zero-order valence-corrected chi connectivity index (χ0v) is 20.4. The SMILES string of the molecule is COc1cc(N2CCN(C3CCC(c4csc5ccc(F)cc45)CC3)CC2)c2ncccc2c1. The highest BCUT2D eigenvalue weighted by molar-refractivity contribution is 7.17. The van der Waals surface area contributed by atoms with Gasteiger partial charge in [0.2, 0.25) is 0 Å². The molecule has 1 aliphatic heterocycles. The Kier molecular flexibility index (Phi) is 5.87. The molecule has 2 aromatic heterocycles. The van der Waals surface area contributed by atoms with Gasteiger partial charge < -0.3 is 9.64 Å². The van der Waals surface area contributed by atoms with Gasteiger partial charge in [-0.15, -0.1) is 11.3 Å². The van der Waals surface area contributed by atoms with Gasteiger partial charge in [0.1, 0.15) is 11.6 Å². The second-order valence-electron chi connectivity index (χ2n) is 9.58. The van der Waals surface area contributed by atoms with Crippen molar-refractivity contribution < 1.29 is 9.13 Å². The van der Waals surface area contributed by atoms with Crippen LogP contribution in [0.3, 0.4) is 0 Å². The van der Waals surface area contributed by atoms with Gasteiger partial charge in [-0.3, -0.25) is 9.88 Å². The van der Waals surface area contributed by atoms with Crippen molar-refractivity contribution in [3.63, 3.8) is 0 Å². The molecule has 6 rings (SSSR count). The lowest BCUT2D eigenvalue weighted by Crippen LogP contribution is -2.51. The lowest BCUT2D eigenvalue weighted by atomic mass is 9.81. The summed E-state index contributed by atoms with van der Waals surface area (Å²) in [7, 11) is 1.73. The second kappa shape index (κ2) is 9.16. The minimum atomic E-state index is -0.127. The topological polar surface area (TPSA) is 28.6 Å². The Morgan fingerprint density at radius 1 is 1.00 bits per heavy atom. The number of ether oxygens (including phenoxy) is 1. The van der Waals surface area contributed by atoms with Crippen LogP contribution in [0.1, 0.15) is 37.2 Å². The minimum Gasteiger partial charge on any atom is -0.497 e. The van der Waals surface area contributed by atoms with E-state index in [1.807, 2.05) is 18.3 Å². The summed E-state index contributed by atoms with van der Waals surface area (Å²) < 4.78 is 20.6. The van der Waals surface area contributed by atoms with Crippen molar-refractivity contribution in [2.24, 2.45) is 0 Å². The van der Waals surface area contributed by atoms with Crippen LogP contribution in [0.2, 0.25) is 0 Å². The first-order valence-electron chi connectivity index (χ1n) is 12.3. The summed E-state index contributed by atoms with van der Waals surface area (Å²) in [5.74, 6) is 1.32. The lowest BCUT2D eigenvalue weighted by molar-refractivity contribution is 0.141. The molecule has 0 N–H and O–H groups in total. The van der Waals surface area contributed by atoms with Crippen LogP contribution in [0.4, 0.5) is 10.1 Å². The smallest absolute Gasteiger partial charge is 0.123 e. The summed E-state index contributed by atoms with van der Waals surface area (Å²) in [5.41, 5.74) is 3.59. The van der Waals surface area contributed by atoms with Gasteiger partial charge in [0, 0.05) is 54.6 Å². The molecule has 1 saturated heterocycles. The average molecular weight is 476 g/mol. The molecule has 4 aromatic rings. The van der Waals surface area contributed by atoms with Crippen LogP contribution in [-0.4, -0.2) is 49.2 Å². The first-order chi connectivity index (χ1) is 16.7. The van der Waals surface area contributed by atoms with E-state index in [9.17, 15) is 4.39 Å². The predicted molar refractivity (Wildman–Crippen MR) is 139 cm³/mol. The zero-order chi connectivity index (χ0) is 23.1. The van der Waals surface area contributed by atoms with Gasteiger partial charge >= 0.3 is 0 Å². The van der Waals surface area contributed by atoms with Crippen molar-refractivity contribution in [3.8, 4) is 5.75 Å². The van der Waals surface area contributed by atoms with Crippen molar-refractivity contribution in [3.05, 3.63) is 65.4 Å². The maximum atomic E-state index is 13.8. The summed E-state index contributed by atoms with van der Waals surface area (Å²) >= 11 is 1.75. The van der Waals surface area contributed by atoms with Crippen molar-refractivity contribution >= 4 is 38.0 Å². The number of rotatable bonds is 4. The van der Waals surface area contributed by atoms with Gasteiger partial charge in [-0.25, -0.2) is 4.39 Å². The number of halogens is 1. The first-order valence-corrected chi connectivity index (χ1v) is 13.2. The van der Waals surface area contributed by atoms with Gasteiger partial charge in [0.25, 0.3) is 0 Å². The molecule has 0 atom stereocenters. The van der Waals surface area contributed by atoms with Crippen LogP contribution >= 0.6 is 11.3 Å². The van der Waals surface area contributed by atoms with E-state index in [2.05, 4.69) is 38.4 Å². The van der Waals surface area contributed by atoms with Crippen LogP contribution in [0, 0.1) is 5.82 Å². The highest BCUT2D eigenvalue weighted by atomic mass is 32.1. The van der Waals surface area contributed by atoms with E-state index in [0.717, 1.165) is 48.2 Å². The molecule has 0 bridgehead atoms. The Hall–Kier alpha value is -2.70. The number of thiophene rings is 1. The van der Waals surface area contributed by atoms with Crippen LogP contribution in [-0.2, 0) is 0 Å². The molecule has 4 nitrogen and oxygen atoms in total. The molecular formula is C28H30FN3OS. The largest absolute Gasteiger partial charge is 0.497 e. The third-order valence-corrected chi connectivity index (χ3v) is 8.75. The third kappa shape index (κ3) is 4.03. The molecule has 0 unspecified atom stereocenters. The number of hydrogen-bond donors (Lipinski definition) is 0. The van der Waals surface area contributed by atoms with Crippen LogP contribution < -0.4 is 9.64 Å². The quantitative estimate of drug-likeness (QED) is 0.339. The standard InChI is InChI=1S/C28H30FN3OS/c1-33-23-15-20-3-2-10-30-28(20)26(17-23)32-13-11-31(12-14-32)22-7-4-19(5-8-22)25-18-34-27-9-6-21(29)16-24(25)27/h2-3,6,9-10,15-19,22H,4-5,7-8,11-14H2,1H3. The van der Waals surface area contributed by atoms with E-state index in [4.69, 9.17) is 4.74 Å². The Bertz CT molecular complexity index is 1310. The van der Waals surface area contributed by atoms with Crippen molar-refractivity contribution in [1.82, 2.24) is 9.88 Å². The molecule has 2 aromatic carbocycles. The van der Waals surface area contributed by atoms with Crippen molar-refractivity contribution in [2.45, 2.75) is 37.6 Å². The van der Waals surface area contributed by atoms with E-state index in [-0.39, 0.29) is 5.82 Å². The fourth-order valence-corrected chi connectivity index (χ4v) is 6.95. The summed E-state index contributed by atoms with van der Waals surface area (Å²) in [4.78, 5) is 9.82. The molecule has 2 fully saturated rings. The van der Waals surface area contributed by atoms with E-state index >= 15 is 0 Å². The lowest BCUT2D eigenvalue weighted by Gasteiger charge is -2.42. The number of fused-ring (bicyclic) bond motifs is 2.